The Morgan fingerprint density at radius 1 is 0.612 bits per heavy atom. The molecule has 49 heavy (non-hydrogen) atoms. The van der Waals surface area contributed by atoms with E-state index in [2.05, 4.69) is 160 Å². The minimum Gasteiger partial charge on any atom is -0.299 e. The lowest BCUT2D eigenvalue weighted by molar-refractivity contribution is 0.525. The van der Waals surface area contributed by atoms with Crippen molar-refractivity contribution in [3.8, 4) is 22.4 Å². The molecule has 3 heterocycles. The summed E-state index contributed by atoms with van der Waals surface area (Å²) in [4.78, 5) is 13.5. The second-order valence-corrected chi connectivity index (χ2v) is 14.9. The van der Waals surface area contributed by atoms with Crippen molar-refractivity contribution in [3.05, 3.63) is 144 Å². The Labute approximate surface area is 289 Å². The van der Waals surface area contributed by atoms with Gasteiger partial charge in [-0.25, -0.2) is 9.97 Å². The third kappa shape index (κ3) is 3.95. The highest BCUT2D eigenvalue weighted by molar-refractivity contribution is 7.26. The largest absolute Gasteiger partial charge is 0.299 e. The Morgan fingerprint density at radius 2 is 1.31 bits per heavy atom. The number of benzene rings is 7. The van der Waals surface area contributed by atoms with Crippen LogP contribution in [0.1, 0.15) is 30.5 Å². The van der Waals surface area contributed by atoms with Gasteiger partial charge in [-0.05, 0) is 78.1 Å². The van der Waals surface area contributed by atoms with Crippen molar-refractivity contribution in [1.82, 2.24) is 9.97 Å². The third-order valence-electron chi connectivity index (χ3n) is 10.6. The predicted molar refractivity (Wildman–Crippen MR) is 209 cm³/mol. The van der Waals surface area contributed by atoms with Gasteiger partial charge in [0.05, 0.1) is 27.1 Å². The predicted octanol–water partition coefficient (Wildman–Crippen LogP) is 12.6. The maximum absolute atomic E-state index is 5.58. The van der Waals surface area contributed by atoms with Crippen LogP contribution in [0.3, 0.4) is 0 Å². The van der Waals surface area contributed by atoms with Gasteiger partial charge in [0.15, 0.2) is 0 Å². The average Bonchev–Trinajstić information content (AvgIpc) is 3.51. The van der Waals surface area contributed by atoms with E-state index >= 15 is 0 Å². The van der Waals surface area contributed by atoms with Crippen molar-refractivity contribution in [3.63, 3.8) is 0 Å². The van der Waals surface area contributed by atoms with Crippen LogP contribution in [0.5, 0.6) is 0 Å². The summed E-state index contributed by atoms with van der Waals surface area (Å²) < 4.78 is 2.55. The molecule has 1 aliphatic rings. The topological polar surface area (TPSA) is 29.0 Å². The summed E-state index contributed by atoms with van der Waals surface area (Å²) in [6.07, 6.45) is 0. The fourth-order valence-corrected chi connectivity index (χ4v) is 9.61. The van der Waals surface area contributed by atoms with E-state index in [9.17, 15) is 0 Å². The maximum Gasteiger partial charge on any atom is 0.231 e. The van der Waals surface area contributed by atoms with Crippen molar-refractivity contribution in [2.45, 2.75) is 33.2 Å². The Hall–Kier alpha value is -5.58. The molecule has 9 aromatic rings. The lowest BCUT2D eigenvalue weighted by Gasteiger charge is -2.46. The smallest absolute Gasteiger partial charge is 0.231 e. The Morgan fingerprint density at radius 3 is 2.12 bits per heavy atom. The zero-order valence-corrected chi connectivity index (χ0v) is 28.7. The fourth-order valence-electron chi connectivity index (χ4n) is 8.36. The molecule has 2 aromatic heterocycles. The zero-order valence-electron chi connectivity index (χ0n) is 27.9. The number of aryl methyl sites for hydroxylation is 2. The lowest BCUT2D eigenvalue weighted by Crippen LogP contribution is -2.42. The molecule has 10 rings (SSSR count). The van der Waals surface area contributed by atoms with Crippen LogP contribution in [-0.2, 0) is 5.54 Å². The van der Waals surface area contributed by atoms with E-state index in [1.54, 1.807) is 0 Å². The standard InChI is InChI=1S/C45H33N3S/c1-26-21-23-29(27(2)25-26)41-33-17-9-11-19-36(33)46-44(47-41)48-42-40(39-30-14-6-5-13-28(30)22-24-35(39)45(48,3)4)32-16-8-7-15-31(32)38-34-18-10-12-20-37(34)49-43(38)42/h5-25H,1-4H3. The van der Waals surface area contributed by atoms with Crippen molar-refractivity contribution in [1.29, 1.82) is 0 Å². The zero-order chi connectivity index (χ0) is 33.0. The average molecular weight is 648 g/mol. The molecule has 1 aliphatic heterocycles. The highest BCUT2D eigenvalue weighted by Gasteiger charge is 2.43. The number of rotatable bonds is 2. The Kier molecular flexibility index (Phi) is 5.93. The highest BCUT2D eigenvalue weighted by atomic mass is 32.1. The molecular weight excluding hydrogens is 615 g/mol. The van der Waals surface area contributed by atoms with Crippen LogP contribution in [0.4, 0.5) is 11.6 Å². The van der Waals surface area contributed by atoms with Gasteiger partial charge < -0.3 is 0 Å². The molecule has 3 nitrogen and oxygen atoms in total. The third-order valence-corrected chi connectivity index (χ3v) is 11.7. The number of nitrogens with zero attached hydrogens (tertiary/aromatic N) is 3. The molecule has 0 saturated heterocycles. The second-order valence-electron chi connectivity index (χ2n) is 13.9. The van der Waals surface area contributed by atoms with Gasteiger partial charge in [-0.15, -0.1) is 11.3 Å². The Balaban J connectivity index is 1.42. The molecule has 0 radical (unpaired) electrons. The van der Waals surface area contributed by atoms with E-state index in [-0.39, 0.29) is 0 Å². The molecule has 0 atom stereocenters. The van der Waals surface area contributed by atoms with E-state index in [1.807, 2.05) is 11.3 Å². The van der Waals surface area contributed by atoms with Crippen LogP contribution >= 0.6 is 11.3 Å². The van der Waals surface area contributed by atoms with Gasteiger partial charge in [0.2, 0.25) is 5.95 Å². The molecule has 0 N–H and O–H groups in total. The number of para-hydroxylation sites is 1. The quantitative estimate of drug-likeness (QED) is 0.187. The first-order valence-corrected chi connectivity index (χ1v) is 17.7. The molecule has 0 saturated carbocycles. The number of hydrogen-bond acceptors (Lipinski definition) is 4. The van der Waals surface area contributed by atoms with Gasteiger partial charge >= 0.3 is 0 Å². The first-order chi connectivity index (χ1) is 23.9. The van der Waals surface area contributed by atoms with Crippen LogP contribution in [0.25, 0.3) is 75.0 Å². The summed E-state index contributed by atoms with van der Waals surface area (Å²) >= 11 is 1.88. The summed E-state index contributed by atoms with van der Waals surface area (Å²) in [5, 5.41) is 8.70. The maximum atomic E-state index is 5.58. The highest BCUT2D eigenvalue weighted by Crippen LogP contribution is 2.59. The van der Waals surface area contributed by atoms with Crippen LogP contribution in [0, 0.1) is 13.8 Å². The first-order valence-electron chi connectivity index (χ1n) is 16.9. The minimum atomic E-state index is -0.486. The monoisotopic (exact) mass is 647 g/mol. The van der Waals surface area contributed by atoms with Crippen molar-refractivity contribution < 1.29 is 0 Å². The van der Waals surface area contributed by atoms with Crippen molar-refractivity contribution in [2.24, 2.45) is 0 Å². The molecule has 0 fully saturated rings. The summed E-state index contributed by atoms with van der Waals surface area (Å²) in [7, 11) is 0. The van der Waals surface area contributed by atoms with Gasteiger partial charge in [-0.2, -0.15) is 0 Å². The number of thiophene rings is 1. The normalized spacial score (nSPS) is 13.8. The minimum absolute atomic E-state index is 0.486. The van der Waals surface area contributed by atoms with E-state index in [1.165, 1.54) is 75.2 Å². The van der Waals surface area contributed by atoms with Crippen LogP contribution in [0.15, 0.2) is 127 Å². The van der Waals surface area contributed by atoms with Crippen LogP contribution in [0.2, 0.25) is 0 Å². The molecule has 0 aliphatic carbocycles. The first kappa shape index (κ1) is 28.4. The lowest BCUT2D eigenvalue weighted by atomic mass is 9.76. The molecule has 4 heteroatoms. The van der Waals surface area contributed by atoms with Crippen LogP contribution < -0.4 is 4.90 Å². The summed E-state index contributed by atoms with van der Waals surface area (Å²) in [6, 6.07) is 46.4. The van der Waals surface area contributed by atoms with Gasteiger partial charge in [0.25, 0.3) is 0 Å². The number of anilines is 2. The van der Waals surface area contributed by atoms with Crippen molar-refractivity contribution in [2.75, 3.05) is 4.90 Å². The molecule has 234 valence electrons. The van der Waals surface area contributed by atoms with Gasteiger partial charge in [-0.3, -0.25) is 4.90 Å². The van der Waals surface area contributed by atoms with E-state index in [0.29, 0.717) is 5.95 Å². The number of fused-ring (bicyclic) bond motifs is 13. The molecule has 0 bridgehead atoms. The molecular formula is C45H33N3S. The van der Waals surface area contributed by atoms with E-state index < -0.39 is 5.54 Å². The molecule has 0 amide bonds. The van der Waals surface area contributed by atoms with Gasteiger partial charge in [0.1, 0.15) is 0 Å². The molecule has 7 aromatic carbocycles. The summed E-state index contributed by atoms with van der Waals surface area (Å²) in [6.45, 7) is 9.02. The molecule has 0 spiro atoms. The van der Waals surface area contributed by atoms with Crippen molar-refractivity contribution >= 4 is 75.6 Å². The number of hydrogen-bond donors (Lipinski definition) is 0. The van der Waals surface area contributed by atoms with Gasteiger partial charge in [-0.1, -0.05) is 121 Å². The summed E-state index contributed by atoms with van der Waals surface area (Å²) in [5.74, 6) is 0.716. The second kappa shape index (κ2) is 10.2. The Bertz CT molecular complexity index is 2840. The SMILES string of the molecule is Cc1ccc(-c2nc(N3c4c(c5ccccc5c5c4sc4ccccc45)-c4c(ccc5ccccc45)C3(C)C)nc3ccccc23)c(C)c1. The van der Waals surface area contributed by atoms with Gasteiger partial charge in [0, 0.05) is 32.0 Å². The van der Waals surface area contributed by atoms with E-state index in [0.717, 1.165) is 22.2 Å². The van der Waals surface area contributed by atoms with E-state index in [4.69, 9.17) is 9.97 Å². The fraction of sp³-hybridized carbons (Fsp3) is 0.111. The number of aromatic nitrogens is 2. The summed E-state index contributed by atoms with van der Waals surface area (Å²) in [5.41, 5.74) is 10.0. The molecule has 0 unspecified atom stereocenters. The van der Waals surface area contributed by atoms with Crippen LogP contribution in [-0.4, -0.2) is 9.97 Å².